The largest absolute Gasteiger partial charge is 0.351 e. The molecule has 0 aliphatic heterocycles. The molecule has 2 N–H and O–H groups in total. The van der Waals surface area contributed by atoms with E-state index in [1.807, 2.05) is 0 Å². The van der Waals surface area contributed by atoms with Crippen molar-refractivity contribution in [3.05, 3.63) is 47.0 Å². The second-order valence-corrected chi connectivity index (χ2v) is 11.2. The van der Waals surface area contributed by atoms with Gasteiger partial charge in [0.1, 0.15) is 5.82 Å². The number of amides is 1. The minimum absolute atomic E-state index is 0.181. The number of hydrogen-bond acceptors (Lipinski definition) is 4. The predicted octanol–water partition coefficient (Wildman–Crippen LogP) is 4.86. The quantitative estimate of drug-likeness (QED) is 0.642. The van der Waals surface area contributed by atoms with Crippen LogP contribution in [0.3, 0.4) is 0 Å². The Bertz CT molecular complexity index is 1080. The van der Waals surface area contributed by atoms with Crippen molar-refractivity contribution in [1.29, 1.82) is 0 Å². The van der Waals surface area contributed by atoms with Crippen LogP contribution in [-0.2, 0) is 10.0 Å². The molecule has 2 aliphatic carbocycles. The van der Waals surface area contributed by atoms with Gasteiger partial charge in [0.15, 0.2) is 0 Å². The zero-order chi connectivity index (χ0) is 22.1. The van der Waals surface area contributed by atoms with E-state index in [0.29, 0.717) is 28.4 Å². The van der Waals surface area contributed by atoms with E-state index >= 15 is 0 Å². The highest BCUT2D eigenvalue weighted by molar-refractivity contribution is 7.92. The second-order valence-electron chi connectivity index (χ2n) is 9.01. The fourth-order valence-corrected chi connectivity index (χ4v) is 5.83. The molecule has 2 fully saturated rings. The van der Waals surface area contributed by atoms with E-state index in [4.69, 9.17) is 11.6 Å². The van der Waals surface area contributed by atoms with Crippen LogP contribution in [0.15, 0.2) is 36.4 Å². The Morgan fingerprint density at radius 2 is 1.94 bits per heavy atom. The number of sulfonamides is 1. The van der Waals surface area contributed by atoms with E-state index in [9.17, 15) is 13.2 Å². The molecule has 0 spiro atoms. The van der Waals surface area contributed by atoms with Gasteiger partial charge in [-0.2, -0.15) is 0 Å². The lowest BCUT2D eigenvalue weighted by molar-refractivity contribution is 0.0682. The number of nitrogens with zero attached hydrogens (tertiary/aromatic N) is 1. The third kappa shape index (κ3) is 5.39. The van der Waals surface area contributed by atoms with Crippen molar-refractivity contribution in [2.24, 2.45) is 11.3 Å². The predicted molar refractivity (Wildman–Crippen MR) is 124 cm³/mol. The maximum absolute atomic E-state index is 13.0. The van der Waals surface area contributed by atoms with Crippen molar-refractivity contribution in [1.82, 2.24) is 10.3 Å². The van der Waals surface area contributed by atoms with Gasteiger partial charge in [-0.3, -0.25) is 9.52 Å². The molecular formula is C23H28ClN3O3S. The lowest BCUT2D eigenvalue weighted by atomic mass is 9.62. The third-order valence-corrected chi connectivity index (χ3v) is 7.44. The van der Waals surface area contributed by atoms with Crippen LogP contribution < -0.4 is 10.0 Å². The summed E-state index contributed by atoms with van der Waals surface area (Å²) in [5.74, 6) is 0.855. The maximum Gasteiger partial charge on any atom is 0.252 e. The lowest BCUT2D eigenvalue weighted by Crippen LogP contribution is -2.43. The molecule has 1 aromatic heterocycles. The van der Waals surface area contributed by atoms with Crippen molar-refractivity contribution in [2.45, 2.75) is 44.9 Å². The monoisotopic (exact) mass is 461 g/mol. The highest BCUT2D eigenvalue weighted by atomic mass is 35.5. The molecule has 1 heterocycles. The minimum Gasteiger partial charge on any atom is -0.351 e. The Morgan fingerprint density at radius 3 is 2.65 bits per heavy atom. The normalized spacial score (nSPS) is 23.2. The molecule has 1 aromatic carbocycles. The van der Waals surface area contributed by atoms with Crippen molar-refractivity contribution >= 4 is 33.3 Å². The second kappa shape index (κ2) is 8.79. The third-order valence-electron chi connectivity index (χ3n) is 6.53. The number of hydrogen-bond donors (Lipinski definition) is 2. The van der Waals surface area contributed by atoms with E-state index < -0.39 is 10.0 Å². The first kappa shape index (κ1) is 22.1. The molecule has 2 aliphatic rings. The van der Waals surface area contributed by atoms with E-state index in [1.165, 1.54) is 44.9 Å². The van der Waals surface area contributed by atoms with Crippen LogP contribution in [0.25, 0.3) is 11.3 Å². The first-order valence-electron chi connectivity index (χ1n) is 10.8. The molecule has 0 unspecified atom stereocenters. The number of carbonyl (C=O) groups is 1. The Hall–Kier alpha value is -2.12. The first-order chi connectivity index (χ1) is 14.7. The summed E-state index contributed by atoms with van der Waals surface area (Å²) in [7, 11) is -3.43. The number of halogens is 1. The van der Waals surface area contributed by atoms with Crippen LogP contribution in [0.2, 0.25) is 5.02 Å². The van der Waals surface area contributed by atoms with Gasteiger partial charge in [-0.05, 0) is 54.9 Å². The summed E-state index contributed by atoms with van der Waals surface area (Å²) in [4.78, 5) is 17.3. The average Bonchev–Trinajstić information content (AvgIpc) is 2.71. The number of carbonyl (C=O) groups excluding carboxylic acids is 1. The van der Waals surface area contributed by atoms with E-state index in [2.05, 4.69) is 15.0 Å². The van der Waals surface area contributed by atoms with Gasteiger partial charge in [0.25, 0.3) is 5.91 Å². The number of fused-ring (bicyclic) bond motifs is 2. The van der Waals surface area contributed by atoms with E-state index in [-0.39, 0.29) is 17.1 Å². The van der Waals surface area contributed by atoms with Crippen LogP contribution in [0.4, 0.5) is 5.82 Å². The molecule has 0 saturated heterocycles. The summed E-state index contributed by atoms with van der Waals surface area (Å²) in [6.07, 6.45) is 9.80. The Labute approximate surface area is 188 Å². The number of anilines is 1. The van der Waals surface area contributed by atoms with Crippen molar-refractivity contribution in [2.75, 3.05) is 17.5 Å². The summed E-state index contributed by atoms with van der Waals surface area (Å²) in [5.41, 5.74) is 1.89. The van der Waals surface area contributed by atoms with Gasteiger partial charge in [0.2, 0.25) is 10.0 Å². The minimum atomic E-state index is -3.43. The standard InChI is InChI=1S/C23H28ClN3O3S/c1-31(29,30)27-21-8-2-7-20(26-21)17-9-10-19(24)18(13-17)22(28)25-15-23-11-3-5-16(14-23)6-4-12-23/h2,7-10,13,16H,3-6,11-12,14-15H2,1H3,(H,25,28)(H,26,27). The molecule has 1 amide bonds. The highest BCUT2D eigenvalue weighted by Gasteiger charge is 2.39. The molecule has 0 atom stereocenters. The van der Waals surface area contributed by atoms with Gasteiger partial charge in [0.05, 0.1) is 22.5 Å². The van der Waals surface area contributed by atoms with Gasteiger partial charge in [-0.25, -0.2) is 13.4 Å². The van der Waals surface area contributed by atoms with Crippen LogP contribution in [0.1, 0.15) is 55.3 Å². The van der Waals surface area contributed by atoms with Gasteiger partial charge in [0, 0.05) is 12.1 Å². The summed E-state index contributed by atoms with van der Waals surface area (Å²) >= 11 is 6.35. The summed E-state index contributed by atoms with van der Waals surface area (Å²) < 4.78 is 25.4. The van der Waals surface area contributed by atoms with Crippen molar-refractivity contribution in [3.8, 4) is 11.3 Å². The topological polar surface area (TPSA) is 88.2 Å². The molecule has 2 bridgehead atoms. The number of rotatable bonds is 6. The molecule has 31 heavy (non-hydrogen) atoms. The summed E-state index contributed by atoms with van der Waals surface area (Å²) in [6, 6.07) is 10.2. The van der Waals surface area contributed by atoms with Crippen LogP contribution in [0.5, 0.6) is 0 Å². The summed E-state index contributed by atoms with van der Waals surface area (Å²) in [5, 5.41) is 3.53. The molecule has 4 rings (SSSR count). The lowest BCUT2D eigenvalue weighted by Gasteiger charge is -2.45. The molecule has 2 saturated carbocycles. The van der Waals surface area contributed by atoms with Crippen LogP contribution in [-0.4, -0.2) is 32.1 Å². The Morgan fingerprint density at radius 1 is 1.19 bits per heavy atom. The zero-order valence-corrected chi connectivity index (χ0v) is 19.2. The van der Waals surface area contributed by atoms with Gasteiger partial charge >= 0.3 is 0 Å². The maximum atomic E-state index is 13.0. The average molecular weight is 462 g/mol. The smallest absolute Gasteiger partial charge is 0.252 e. The first-order valence-corrected chi connectivity index (χ1v) is 13.0. The fourth-order valence-electron chi connectivity index (χ4n) is 5.13. The molecule has 6 nitrogen and oxygen atoms in total. The molecule has 0 radical (unpaired) electrons. The fraction of sp³-hybridized carbons (Fsp3) is 0.478. The van der Waals surface area contributed by atoms with Crippen LogP contribution >= 0.6 is 11.6 Å². The van der Waals surface area contributed by atoms with Crippen molar-refractivity contribution < 1.29 is 13.2 Å². The highest BCUT2D eigenvalue weighted by Crippen LogP contribution is 2.48. The van der Waals surface area contributed by atoms with Gasteiger partial charge in [-0.15, -0.1) is 0 Å². The number of nitrogens with one attached hydrogen (secondary N) is 2. The van der Waals surface area contributed by atoms with Crippen LogP contribution in [0, 0.1) is 11.3 Å². The SMILES string of the molecule is CS(=O)(=O)Nc1cccc(-c2ccc(Cl)c(C(=O)NCC34CCCC(CCC3)C4)c2)n1. The Balaban J connectivity index is 1.51. The molecular weight excluding hydrogens is 434 g/mol. The van der Waals surface area contributed by atoms with E-state index in [1.54, 1.807) is 36.4 Å². The summed E-state index contributed by atoms with van der Waals surface area (Å²) in [6.45, 7) is 0.689. The number of aromatic nitrogens is 1. The number of pyridine rings is 1. The van der Waals surface area contributed by atoms with Gasteiger partial charge in [-0.1, -0.05) is 49.4 Å². The van der Waals surface area contributed by atoms with Crippen molar-refractivity contribution in [3.63, 3.8) is 0 Å². The zero-order valence-electron chi connectivity index (χ0n) is 17.7. The molecule has 166 valence electrons. The van der Waals surface area contributed by atoms with Gasteiger partial charge < -0.3 is 5.32 Å². The van der Waals surface area contributed by atoms with E-state index in [0.717, 1.165) is 12.2 Å². The molecule has 2 aromatic rings. The molecule has 8 heteroatoms. The Kier molecular flexibility index (Phi) is 6.26. The number of benzene rings is 1.